The van der Waals surface area contributed by atoms with Gasteiger partial charge in [0, 0.05) is 19.4 Å². The second-order valence-corrected chi connectivity index (χ2v) is 5.28. The first-order chi connectivity index (χ1) is 11.7. The van der Waals surface area contributed by atoms with Crippen LogP contribution in [-0.4, -0.2) is 35.8 Å². The molecule has 0 fully saturated rings. The molecule has 0 unspecified atom stereocenters. The van der Waals surface area contributed by atoms with Crippen molar-refractivity contribution in [3.63, 3.8) is 0 Å². The summed E-state index contributed by atoms with van der Waals surface area (Å²) in [5, 5.41) is 2.95. The molecule has 2 aromatic rings. The normalized spacial score (nSPS) is 14.8. The molecule has 1 atom stereocenters. The first-order valence-electron chi connectivity index (χ1n) is 7.55. The molecule has 0 radical (unpaired) electrons. The summed E-state index contributed by atoms with van der Waals surface area (Å²) in [7, 11) is 3.49. The molecule has 1 amide bonds. The van der Waals surface area contributed by atoms with Crippen LogP contribution in [0.15, 0.2) is 48.7 Å². The molecule has 3 rings (SSSR count). The molecular formula is C17H19N3O4. The molecule has 7 nitrogen and oxygen atoms in total. The van der Waals surface area contributed by atoms with Crippen LogP contribution in [0.4, 0.5) is 0 Å². The molecule has 1 aromatic carbocycles. The van der Waals surface area contributed by atoms with Crippen molar-refractivity contribution in [3.05, 3.63) is 60.1 Å². The van der Waals surface area contributed by atoms with Crippen LogP contribution >= 0.6 is 0 Å². The van der Waals surface area contributed by atoms with E-state index in [-0.39, 0.29) is 11.7 Å². The SMILES string of the molecule is COc1ccc([C@@H](NC(=O)C2=COCCO2)c2nccn2C)cc1. The van der Waals surface area contributed by atoms with Crippen molar-refractivity contribution in [1.82, 2.24) is 14.9 Å². The van der Waals surface area contributed by atoms with Crippen LogP contribution in [0.1, 0.15) is 17.4 Å². The zero-order valence-corrected chi connectivity index (χ0v) is 13.6. The highest BCUT2D eigenvalue weighted by atomic mass is 16.6. The van der Waals surface area contributed by atoms with E-state index in [0.717, 1.165) is 11.3 Å². The third-order valence-corrected chi connectivity index (χ3v) is 3.71. The summed E-state index contributed by atoms with van der Waals surface area (Å²) in [6.07, 6.45) is 4.86. The number of aryl methyl sites for hydroxylation is 1. The summed E-state index contributed by atoms with van der Waals surface area (Å²) < 4.78 is 17.5. The molecule has 0 aliphatic carbocycles. The Morgan fingerprint density at radius 3 is 2.71 bits per heavy atom. The number of carbonyl (C=O) groups is 1. The Bertz CT molecular complexity index is 737. The summed E-state index contributed by atoms with van der Waals surface area (Å²) >= 11 is 0. The van der Waals surface area contributed by atoms with Crippen LogP contribution in [0.5, 0.6) is 5.75 Å². The number of hydrogen-bond acceptors (Lipinski definition) is 5. The third kappa shape index (κ3) is 3.34. The molecule has 126 valence electrons. The number of benzene rings is 1. The van der Waals surface area contributed by atoms with E-state index in [9.17, 15) is 4.79 Å². The van der Waals surface area contributed by atoms with Crippen molar-refractivity contribution in [2.24, 2.45) is 7.05 Å². The van der Waals surface area contributed by atoms with Gasteiger partial charge in [0.2, 0.25) is 5.76 Å². The Balaban J connectivity index is 1.88. The van der Waals surface area contributed by atoms with E-state index in [4.69, 9.17) is 14.2 Å². The number of carbonyl (C=O) groups excluding carboxylic acids is 1. The monoisotopic (exact) mass is 329 g/mol. The molecule has 1 N–H and O–H groups in total. The van der Waals surface area contributed by atoms with Gasteiger partial charge in [0.15, 0.2) is 0 Å². The maximum Gasteiger partial charge on any atom is 0.290 e. The molecular weight excluding hydrogens is 310 g/mol. The van der Waals surface area contributed by atoms with E-state index in [1.165, 1.54) is 6.26 Å². The van der Waals surface area contributed by atoms with Crippen LogP contribution in [0.25, 0.3) is 0 Å². The number of ether oxygens (including phenoxy) is 3. The van der Waals surface area contributed by atoms with E-state index in [1.807, 2.05) is 42.1 Å². The van der Waals surface area contributed by atoms with Crippen molar-refractivity contribution in [2.75, 3.05) is 20.3 Å². The quantitative estimate of drug-likeness (QED) is 0.900. The summed E-state index contributed by atoms with van der Waals surface area (Å²) in [6.45, 7) is 0.799. The number of aromatic nitrogens is 2. The van der Waals surface area contributed by atoms with Gasteiger partial charge in [-0.2, -0.15) is 0 Å². The van der Waals surface area contributed by atoms with Gasteiger partial charge >= 0.3 is 0 Å². The van der Waals surface area contributed by atoms with Gasteiger partial charge in [-0.25, -0.2) is 4.98 Å². The zero-order chi connectivity index (χ0) is 16.9. The van der Waals surface area contributed by atoms with E-state index in [1.54, 1.807) is 13.3 Å². The van der Waals surface area contributed by atoms with Gasteiger partial charge in [-0.1, -0.05) is 12.1 Å². The third-order valence-electron chi connectivity index (χ3n) is 3.71. The first kappa shape index (κ1) is 15.9. The number of hydrogen-bond donors (Lipinski definition) is 1. The Kier molecular flexibility index (Phi) is 4.69. The minimum atomic E-state index is -0.421. The Morgan fingerprint density at radius 1 is 1.33 bits per heavy atom. The van der Waals surface area contributed by atoms with Gasteiger partial charge in [-0.05, 0) is 17.7 Å². The average Bonchev–Trinajstić information content (AvgIpc) is 3.06. The van der Waals surface area contributed by atoms with Crippen molar-refractivity contribution in [3.8, 4) is 5.75 Å². The lowest BCUT2D eigenvalue weighted by molar-refractivity contribution is -0.122. The number of rotatable bonds is 5. The highest BCUT2D eigenvalue weighted by Gasteiger charge is 2.24. The summed E-state index contributed by atoms with van der Waals surface area (Å²) in [5.41, 5.74) is 0.885. The topological polar surface area (TPSA) is 74.6 Å². The second kappa shape index (κ2) is 7.08. The summed E-state index contributed by atoms with van der Waals surface area (Å²) in [5.74, 6) is 1.27. The number of imidazole rings is 1. The fourth-order valence-electron chi connectivity index (χ4n) is 2.44. The molecule has 7 heteroatoms. The average molecular weight is 329 g/mol. The van der Waals surface area contributed by atoms with Crippen LogP contribution in [0, 0.1) is 0 Å². The molecule has 1 aliphatic heterocycles. The van der Waals surface area contributed by atoms with Crippen LogP contribution in [-0.2, 0) is 21.3 Å². The Morgan fingerprint density at radius 2 is 2.12 bits per heavy atom. The van der Waals surface area contributed by atoms with Gasteiger partial charge in [0.25, 0.3) is 5.91 Å². The van der Waals surface area contributed by atoms with Crippen molar-refractivity contribution in [1.29, 1.82) is 0 Å². The van der Waals surface area contributed by atoms with Crippen molar-refractivity contribution >= 4 is 5.91 Å². The highest BCUT2D eigenvalue weighted by molar-refractivity contribution is 5.91. The van der Waals surface area contributed by atoms with Crippen LogP contribution < -0.4 is 10.1 Å². The number of nitrogens with zero attached hydrogens (tertiary/aromatic N) is 2. The minimum Gasteiger partial charge on any atom is -0.497 e. The van der Waals surface area contributed by atoms with Gasteiger partial charge in [-0.15, -0.1) is 0 Å². The van der Waals surface area contributed by atoms with E-state index in [2.05, 4.69) is 10.3 Å². The fourth-order valence-corrected chi connectivity index (χ4v) is 2.44. The van der Waals surface area contributed by atoms with E-state index in [0.29, 0.717) is 19.0 Å². The predicted molar refractivity (Wildman–Crippen MR) is 86.2 cm³/mol. The predicted octanol–water partition coefficient (Wildman–Crippen LogP) is 1.52. The highest BCUT2D eigenvalue weighted by Crippen LogP contribution is 2.23. The summed E-state index contributed by atoms with van der Waals surface area (Å²) in [6, 6.07) is 7.05. The standard InChI is InChI=1S/C17H19N3O4/c1-20-8-7-18-16(20)15(12-3-5-13(22-2)6-4-12)19-17(21)14-11-23-9-10-24-14/h3-8,11,15H,9-10H2,1-2H3,(H,19,21)/t15-/m1/s1. The van der Waals surface area contributed by atoms with Crippen molar-refractivity contribution in [2.45, 2.75) is 6.04 Å². The first-order valence-corrected chi connectivity index (χ1v) is 7.55. The fraction of sp³-hybridized carbons (Fsp3) is 0.294. The Hall–Kier alpha value is -2.96. The molecule has 0 bridgehead atoms. The van der Waals surface area contributed by atoms with E-state index >= 15 is 0 Å². The van der Waals surface area contributed by atoms with Crippen LogP contribution in [0.2, 0.25) is 0 Å². The molecule has 0 spiro atoms. The molecule has 2 heterocycles. The second-order valence-electron chi connectivity index (χ2n) is 5.28. The number of methoxy groups -OCH3 is 1. The molecule has 0 saturated heterocycles. The largest absolute Gasteiger partial charge is 0.497 e. The maximum absolute atomic E-state index is 12.5. The van der Waals surface area contributed by atoms with Gasteiger partial charge in [-0.3, -0.25) is 4.79 Å². The molecule has 1 aliphatic rings. The Labute approximate surface area is 139 Å². The number of nitrogens with one attached hydrogen (secondary N) is 1. The number of amides is 1. The molecule has 24 heavy (non-hydrogen) atoms. The summed E-state index contributed by atoms with van der Waals surface area (Å²) in [4.78, 5) is 16.8. The molecule has 1 aromatic heterocycles. The maximum atomic E-state index is 12.5. The van der Waals surface area contributed by atoms with E-state index < -0.39 is 6.04 Å². The van der Waals surface area contributed by atoms with Gasteiger partial charge in [0.05, 0.1) is 7.11 Å². The lowest BCUT2D eigenvalue weighted by Crippen LogP contribution is -2.33. The van der Waals surface area contributed by atoms with Gasteiger partial charge < -0.3 is 24.1 Å². The zero-order valence-electron chi connectivity index (χ0n) is 13.6. The lowest BCUT2D eigenvalue weighted by atomic mass is 10.1. The van der Waals surface area contributed by atoms with Gasteiger partial charge in [0.1, 0.15) is 37.1 Å². The lowest BCUT2D eigenvalue weighted by Gasteiger charge is -2.21. The minimum absolute atomic E-state index is 0.161. The van der Waals surface area contributed by atoms with Crippen molar-refractivity contribution < 1.29 is 19.0 Å². The molecule has 0 saturated carbocycles. The smallest absolute Gasteiger partial charge is 0.290 e. The van der Waals surface area contributed by atoms with Crippen LogP contribution in [0.3, 0.4) is 0 Å².